The summed E-state index contributed by atoms with van der Waals surface area (Å²) in [6.07, 6.45) is 5.45. The highest BCUT2D eigenvalue weighted by atomic mass is 127. The van der Waals surface area contributed by atoms with Crippen molar-refractivity contribution in [2.45, 2.75) is 27.3 Å². The first-order valence-corrected chi connectivity index (χ1v) is 10.7. The van der Waals surface area contributed by atoms with Gasteiger partial charge in [0.05, 0.1) is 12.2 Å². The van der Waals surface area contributed by atoms with Gasteiger partial charge in [0.2, 0.25) is 5.95 Å². The SMILES string of the molecule is CCNC(=NCc1ccc(-n2nc(C)cc2C)nc1)N1CCN(c2ncccn2)CC1.I. The van der Waals surface area contributed by atoms with Crippen molar-refractivity contribution in [1.29, 1.82) is 0 Å². The van der Waals surface area contributed by atoms with Gasteiger partial charge in [-0.2, -0.15) is 5.10 Å². The molecule has 0 bridgehead atoms. The van der Waals surface area contributed by atoms with E-state index < -0.39 is 0 Å². The molecule has 1 fully saturated rings. The third-order valence-corrected chi connectivity index (χ3v) is 5.20. The molecule has 10 heteroatoms. The van der Waals surface area contributed by atoms with Gasteiger partial charge in [-0.3, -0.25) is 0 Å². The van der Waals surface area contributed by atoms with Gasteiger partial charge in [0, 0.05) is 57.0 Å². The van der Waals surface area contributed by atoms with Crippen molar-refractivity contribution in [2.75, 3.05) is 37.6 Å². The number of hydrogen-bond acceptors (Lipinski definition) is 6. The second-order valence-electron chi connectivity index (χ2n) is 7.56. The summed E-state index contributed by atoms with van der Waals surface area (Å²) in [7, 11) is 0. The number of anilines is 1. The lowest BCUT2D eigenvalue weighted by Gasteiger charge is -2.36. The highest BCUT2D eigenvalue weighted by Gasteiger charge is 2.21. The Hall–Kier alpha value is -2.76. The number of piperazine rings is 1. The summed E-state index contributed by atoms with van der Waals surface area (Å²) in [5, 5.41) is 7.91. The molecule has 4 rings (SSSR count). The van der Waals surface area contributed by atoms with Crippen LogP contribution in [-0.4, -0.2) is 68.3 Å². The summed E-state index contributed by atoms with van der Waals surface area (Å²) in [4.78, 5) is 22.6. The lowest BCUT2D eigenvalue weighted by Crippen LogP contribution is -2.52. The molecule has 1 aliphatic heterocycles. The molecule has 0 amide bonds. The fraction of sp³-hybridized carbons (Fsp3) is 0.409. The molecule has 0 unspecified atom stereocenters. The Morgan fingerprint density at radius 2 is 1.81 bits per heavy atom. The van der Waals surface area contributed by atoms with Gasteiger partial charge in [0.1, 0.15) is 0 Å². The molecule has 170 valence electrons. The zero-order chi connectivity index (χ0) is 21.6. The number of rotatable bonds is 5. The minimum Gasteiger partial charge on any atom is -0.357 e. The number of aliphatic imine (C=N–C) groups is 1. The topological polar surface area (TPSA) is 87.4 Å². The third kappa shape index (κ3) is 5.72. The molecule has 0 spiro atoms. The molecule has 0 aliphatic carbocycles. The minimum absolute atomic E-state index is 0. The summed E-state index contributed by atoms with van der Waals surface area (Å²) in [5.74, 6) is 2.54. The van der Waals surface area contributed by atoms with Crippen molar-refractivity contribution in [2.24, 2.45) is 4.99 Å². The fourth-order valence-electron chi connectivity index (χ4n) is 3.66. The van der Waals surface area contributed by atoms with Gasteiger partial charge in [-0.15, -0.1) is 24.0 Å². The Balaban J connectivity index is 0.00000289. The third-order valence-electron chi connectivity index (χ3n) is 5.20. The lowest BCUT2D eigenvalue weighted by atomic mass is 10.3. The van der Waals surface area contributed by atoms with Crippen molar-refractivity contribution < 1.29 is 0 Å². The highest BCUT2D eigenvalue weighted by Crippen LogP contribution is 2.12. The molecule has 4 heterocycles. The van der Waals surface area contributed by atoms with E-state index in [-0.39, 0.29) is 24.0 Å². The Bertz CT molecular complexity index is 1010. The van der Waals surface area contributed by atoms with E-state index >= 15 is 0 Å². The van der Waals surface area contributed by atoms with E-state index in [9.17, 15) is 0 Å². The molecule has 3 aromatic rings. The number of nitrogens with one attached hydrogen (secondary N) is 1. The summed E-state index contributed by atoms with van der Waals surface area (Å²) >= 11 is 0. The van der Waals surface area contributed by atoms with Crippen molar-refractivity contribution >= 4 is 35.9 Å². The van der Waals surface area contributed by atoms with Gasteiger partial charge in [-0.25, -0.2) is 24.6 Å². The Morgan fingerprint density at radius 3 is 2.41 bits per heavy atom. The van der Waals surface area contributed by atoms with E-state index in [4.69, 9.17) is 4.99 Å². The van der Waals surface area contributed by atoms with Crippen LogP contribution in [0, 0.1) is 13.8 Å². The van der Waals surface area contributed by atoms with Crippen LogP contribution in [0.15, 0.2) is 47.8 Å². The summed E-state index contributed by atoms with van der Waals surface area (Å²) in [6, 6.07) is 7.95. The van der Waals surface area contributed by atoms with Crippen LogP contribution < -0.4 is 10.2 Å². The number of aryl methyl sites for hydroxylation is 2. The average molecular weight is 547 g/mol. The molecule has 1 saturated heterocycles. The maximum absolute atomic E-state index is 4.85. The molecular weight excluding hydrogens is 517 g/mol. The highest BCUT2D eigenvalue weighted by molar-refractivity contribution is 14.0. The second kappa shape index (κ2) is 11.2. The maximum atomic E-state index is 4.85. The molecule has 0 atom stereocenters. The predicted molar refractivity (Wildman–Crippen MR) is 137 cm³/mol. The normalized spacial score (nSPS) is 14.3. The average Bonchev–Trinajstić information content (AvgIpc) is 3.15. The van der Waals surface area contributed by atoms with Gasteiger partial charge in [-0.05, 0) is 44.5 Å². The van der Waals surface area contributed by atoms with Crippen molar-refractivity contribution in [3.63, 3.8) is 0 Å². The first-order chi connectivity index (χ1) is 15.1. The number of hydrogen-bond donors (Lipinski definition) is 1. The number of pyridine rings is 1. The van der Waals surface area contributed by atoms with Crippen LogP contribution in [0.4, 0.5) is 5.95 Å². The van der Waals surface area contributed by atoms with E-state index in [2.05, 4.69) is 48.2 Å². The van der Waals surface area contributed by atoms with Crippen LogP contribution in [0.3, 0.4) is 0 Å². The molecule has 3 aromatic heterocycles. The van der Waals surface area contributed by atoms with Gasteiger partial charge in [-0.1, -0.05) is 6.07 Å². The van der Waals surface area contributed by atoms with E-state index in [1.807, 2.05) is 42.9 Å². The summed E-state index contributed by atoms with van der Waals surface area (Å²) in [5.41, 5.74) is 3.13. The lowest BCUT2D eigenvalue weighted by molar-refractivity contribution is 0.370. The zero-order valence-corrected chi connectivity index (χ0v) is 21.1. The minimum atomic E-state index is 0. The molecular formula is C22H30IN9. The summed E-state index contributed by atoms with van der Waals surface area (Å²) < 4.78 is 1.86. The maximum Gasteiger partial charge on any atom is 0.225 e. The number of halogens is 1. The van der Waals surface area contributed by atoms with E-state index in [0.29, 0.717) is 6.54 Å². The summed E-state index contributed by atoms with van der Waals surface area (Å²) in [6.45, 7) is 11.0. The van der Waals surface area contributed by atoms with E-state index in [1.54, 1.807) is 12.4 Å². The van der Waals surface area contributed by atoms with Crippen LogP contribution in [0.5, 0.6) is 0 Å². The number of aromatic nitrogens is 5. The smallest absolute Gasteiger partial charge is 0.225 e. The van der Waals surface area contributed by atoms with Crippen molar-refractivity contribution in [1.82, 2.24) is 34.9 Å². The zero-order valence-electron chi connectivity index (χ0n) is 18.8. The molecule has 32 heavy (non-hydrogen) atoms. The number of nitrogens with zero attached hydrogens (tertiary/aromatic N) is 8. The molecule has 1 aliphatic rings. The second-order valence-corrected chi connectivity index (χ2v) is 7.56. The molecule has 0 radical (unpaired) electrons. The van der Waals surface area contributed by atoms with Crippen LogP contribution >= 0.6 is 24.0 Å². The Kier molecular flexibility index (Phi) is 8.37. The van der Waals surface area contributed by atoms with Crippen LogP contribution in [0.25, 0.3) is 5.82 Å². The Morgan fingerprint density at radius 1 is 1.06 bits per heavy atom. The van der Waals surface area contributed by atoms with Gasteiger partial charge in [0.25, 0.3) is 0 Å². The molecule has 1 N–H and O–H groups in total. The standard InChI is InChI=1S/C22H29N9.HI/c1-4-23-21(29-10-12-30(13-11-29)22-24-8-5-9-25-22)27-16-19-6-7-20(26-15-19)31-18(3)14-17(2)28-31;/h5-9,14-15H,4,10-13,16H2,1-3H3,(H,23,27);1H. The van der Waals surface area contributed by atoms with Crippen LogP contribution in [0.1, 0.15) is 23.9 Å². The van der Waals surface area contributed by atoms with Crippen molar-refractivity contribution in [3.8, 4) is 5.82 Å². The van der Waals surface area contributed by atoms with Gasteiger partial charge >= 0.3 is 0 Å². The van der Waals surface area contributed by atoms with Crippen molar-refractivity contribution in [3.05, 3.63) is 59.8 Å². The van der Waals surface area contributed by atoms with Gasteiger partial charge < -0.3 is 15.1 Å². The number of guanidine groups is 1. The molecule has 0 aromatic carbocycles. The largest absolute Gasteiger partial charge is 0.357 e. The monoisotopic (exact) mass is 547 g/mol. The van der Waals surface area contributed by atoms with E-state index in [1.165, 1.54) is 0 Å². The van der Waals surface area contributed by atoms with E-state index in [0.717, 1.165) is 67.4 Å². The molecule has 9 nitrogen and oxygen atoms in total. The first kappa shape index (κ1) is 23.9. The first-order valence-electron chi connectivity index (χ1n) is 10.7. The molecule has 0 saturated carbocycles. The quantitative estimate of drug-likeness (QED) is 0.299. The predicted octanol–water partition coefficient (Wildman–Crippen LogP) is 2.58. The Labute approximate surface area is 206 Å². The fourth-order valence-corrected chi connectivity index (χ4v) is 3.66. The van der Waals surface area contributed by atoms with Crippen LogP contribution in [0.2, 0.25) is 0 Å². The van der Waals surface area contributed by atoms with Crippen LogP contribution in [-0.2, 0) is 6.54 Å². The van der Waals surface area contributed by atoms with Gasteiger partial charge in [0.15, 0.2) is 11.8 Å².